The van der Waals surface area contributed by atoms with Crippen molar-refractivity contribution in [3.8, 4) is 0 Å². The van der Waals surface area contributed by atoms with Crippen LogP contribution in [0.4, 0.5) is 52.7 Å². The molecule has 0 aromatic heterocycles. The summed E-state index contributed by atoms with van der Waals surface area (Å²) in [4.78, 5) is 0. The Morgan fingerprint density at radius 1 is 0.449 bits per heavy atom. The van der Waals surface area contributed by atoms with Gasteiger partial charge in [-0.15, -0.1) is 0 Å². The smallest absolute Gasteiger partial charge is 0.421 e. The van der Waals surface area contributed by atoms with Crippen LogP contribution in [0.2, 0.25) is 0 Å². The molecule has 49 heavy (non-hydrogen) atoms. The van der Waals surface area contributed by atoms with Gasteiger partial charge < -0.3 is 12.7 Å². The molecule has 300 valence electrons. The summed E-state index contributed by atoms with van der Waals surface area (Å²) in [5, 5.41) is 0. The Bertz CT molecular complexity index is 1240. The predicted octanol–water partition coefficient (Wildman–Crippen LogP) is 7.23. The van der Waals surface area contributed by atoms with Crippen LogP contribution >= 0.6 is 7.26 Å². The van der Waals surface area contributed by atoms with Gasteiger partial charge in [0.15, 0.2) is 40.1 Å². The SMILES string of the molecule is CCC[P+](CCC)(CCC)CCCCC[N+](C)(C)C.O=S(=O)([N-]S(=O)(=O)C(F)(F)F)C(F)(F)F.O=S(=O)([N-]S(=O)(=O)C(F)(F)F)C(F)(F)F. The van der Waals surface area contributed by atoms with Crippen molar-refractivity contribution in [2.75, 3.05) is 52.3 Å². The third-order valence-electron chi connectivity index (χ3n) is 5.62. The molecule has 0 bridgehead atoms. The van der Waals surface area contributed by atoms with Crippen molar-refractivity contribution in [1.82, 2.24) is 0 Å². The maximum atomic E-state index is 11.4. The van der Waals surface area contributed by atoms with E-state index in [1.54, 1.807) is 24.6 Å². The molecule has 0 aliphatic heterocycles. The molecule has 0 N–H and O–H groups in total. The molecular weight excluding hydrogens is 809 g/mol. The first kappa shape index (κ1) is 52.6. The van der Waals surface area contributed by atoms with Crippen molar-refractivity contribution in [1.29, 1.82) is 0 Å². The summed E-state index contributed by atoms with van der Waals surface area (Å²) in [6, 6.07) is 0. The molecule has 0 heterocycles. The van der Waals surface area contributed by atoms with E-state index in [4.69, 9.17) is 0 Å². The standard InChI is InChI=1S/C17H40NP.2C2F6NO4S2/c1-7-14-19(15-8-2,16-9-3)17-12-10-11-13-18(4,5)6;2*3-1(4,5)14(10,11)9-15(12,13)2(6,7)8/h7-17H2,1-6H3;;/q+2;2*-1. The quantitative estimate of drug-likeness (QED) is 0.0680. The van der Waals surface area contributed by atoms with Crippen molar-refractivity contribution in [3.63, 3.8) is 0 Å². The third kappa shape index (κ3) is 20.2. The van der Waals surface area contributed by atoms with Crippen molar-refractivity contribution in [2.24, 2.45) is 0 Å². The molecule has 0 amide bonds. The number of unbranched alkanes of at least 4 members (excludes halogenated alkanes) is 2. The van der Waals surface area contributed by atoms with Gasteiger partial charge >= 0.3 is 22.0 Å². The van der Waals surface area contributed by atoms with Crippen LogP contribution < -0.4 is 0 Å². The van der Waals surface area contributed by atoms with Crippen LogP contribution in [0, 0.1) is 0 Å². The molecule has 0 aliphatic rings. The van der Waals surface area contributed by atoms with Gasteiger partial charge in [-0.3, -0.25) is 0 Å². The van der Waals surface area contributed by atoms with Crippen LogP contribution in [0.3, 0.4) is 0 Å². The van der Waals surface area contributed by atoms with E-state index in [9.17, 15) is 86.4 Å². The van der Waals surface area contributed by atoms with Crippen LogP contribution in [0.15, 0.2) is 0 Å². The zero-order valence-electron chi connectivity index (χ0n) is 27.0. The second kappa shape index (κ2) is 19.4. The van der Waals surface area contributed by atoms with Crippen molar-refractivity contribution < 1.29 is 90.8 Å². The first-order chi connectivity index (χ1) is 21.3. The summed E-state index contributed by atoms with van der Waals surface area (Å²) in [5.41, 5.74) is -24.8. The molecule has 0 unspecified atom stereocenters. The second-order valence-electron chi connectivity index (χ2n) is 11.1. The highest BCUT2D eigenvalue weighted by Crippen LogP contribution is 2.60. The van der Waals surface area contributed by atoms with E-state index >= 15 is 0 Å². The molecule has 0 spiro atoms. The van der Waals surface area contributed by atoms with Crippen LogP contribution in [0.5, 0.6) is 0 Å². The van der Waals surface area contributed by atoms with Crippen LogP contribution in [-0.4, -0.2) is 113 Å². The molecule has 0 radical (unpaired) electrons. The lowest BCUT2D eigenvalue weighted by Crippen LogP contribution is -2.35. The number of nitrogens with zero attached hydrogens (tertiary/aromatic N) is 3. The molecule has 0 aliphatic carbocycles. The van der Waals surface area contributed by atoms with Gasteiger partial charge in [-0.2, -0.15) is 52.7 Å². The highest BCUT2D eigenvalue weighted by molar-refractivity contribution is 8.13. The van der Waals surface area contributed by atoms with Crippen LogP contribution in [-0.2, 0) is 40.1 Å². The van der Waals surface area contributed by atoms with Gasteiger partial charge in [-0.05, 0) is 38.5 Å². The van der Waals surface area contributed by atoms with Crippen molar-refractivity contribution >= 4 is 47.4 Å². The fourth-order valence-corrected chi connectivity index (χ4v) is 12.2. The molecule has 11 nitrogen and oxygen atoms in total. The fourth-order valence-electron chi connectivity index (χ4n) is 3.73. The summed E-state index contributed by atoms with van der Waals surface area (Å²) >= 11 is 0. The fraction of sp³-hybridized carbons (Fsp3) is 1.00. The summed E-state index contributed by atoms with van der Waals surface area (Å²) < 4.78 is 219. The molecule has 28 heteroatoms. The normalized spacial score (nSPS) is 14.4. The number of hydrogen-bond acceptors (Lipinski definition) is 8. The van der Waals surface area contributed by atoms with Gasteiger partial charge in [0.1, 0.15) is 0 Å². The predicted molar refractivity (Wildman–Crippen MR) is 161 cm³/mol. The van der Waals surface area contributed by atoms with Gasteiger partial charge in [0, 0.05) is 7.26 Å². The van der Waals surface area contributed by atoms with E-state index < -0.39 is 69.4 Å². The zero-order valence-corrected chi connectivity index (χ0v) is 31.2. The van der Waals surface area contributed by atoms with Crippen LogP contribution in [0.1, 0.15) is 59.3 Å². The number of rotatable bonds is 16. The summed E-state index contributed by atoms with van der Waals surface area (Å²) in [6.45, 7) is 8.49. The lowest BCUT2D eigenvalue weighted by Gasteiger charge is -2.27. The number of quaternary nitrogens is 1. The Kier molecular flexibility index (Phi) is 20.8. The van der Waals surface area contributed by atoms with Gasteiger partial charge in [0.25, 0.3) is 0 Å². The molecule has 0 atom stereocenters. The lowest BCUT2D eigenvalue weighted by molar-refractivity contribution is -0.870. The second-order valence-corrected chi connectivity index (χ2v) is 22.5. The summed E-state index contributed by atoms with van der Waals surface area (Å²) in [7, 11) is -20.5. The molecule has 0 saturated heterocycles. The number of sulfonamides is 4. The number of hydrogen-bond donors (Lipinski definition) is 0. The minimum absolute atomic E-state index is 0.582. The molecule has 0 fully saturated rings. The highest BCUT2D eigenvalue weighted by Gasteiger charge is 2.48. The van der Waals surface area contributed by atoms with E-state index in [2.05, 4.69) is 41.9 Å². The Labute approximate surface area is 279 Å². The molecule has 0 aromatic carbocycles. The zero-order chi connectivity index (χ0) is 40.2. The van der Waals surface area contributed by atoms with E-state index in [0.29, 0.717) is 0 Å². The Balaban J connectivity index is -0.000000655. The molecule has 0 aromatic rings. The average molecular weight is 850 g/mol. The van der Waals surface area contributed by atoms with Crippen molar-refractivity contribution in [2.45, 2.75) is 81.3 Å². The summed E-state index contributed by atoms with van der Waals surface area (Å²) in [5.74, 6) is 0. The minimum Gasteiger partial charge on any atom is -0.421 e. The van der Waals surface area contributed by atoms with Crippen molar-refractivity contribution in [3.05, 3.63) is 8.25 Å². The van der Waals surface area contributed by atoms with E-state index in [1.165, 1.54) is 45.1 Å². The monoisotopic (exact) mass is 849 g/mol. The first-order valence-electron chi connectivity index (χ1n) is 13.7. The van der Waals surface area contributed by atoms with E-state index in [1.807, 2.05) is 0 Å². The number of alkyl halides is 12. The molecular formula is C21H40F12N3O8PS4. The molecule has 0 saturated carbocycles. The lowest BCUT2D eigenvalue weighted by atomic mass is 10.2. The van der Waals surface area contributed by atoms with Gasteiger partial charge in [-0.25, -0.2) is 33.7 Å². The van der Waals surface area contributed by atoms with Gasteiger partial charge in [-0.1, -0.05) is 20.8 Å². The summed E-state index contributed by atoms with van der Waals surface area (Å²) in [6.07, 6.45) is 14.8. The average Bonchev–Trinajstić information content (AvgIpc) is 2.80. The maximum Gasteiger partial charge on any atom is 0.480 e. The Hall–Kier alpha value is -0.730. The minimum atomic E-state index is -6.72. The largest absolute Gasteiger partial charge is 0.480 e. The van der Waals surface area contributed by atoms with Gasteiger partial charge in [0.2, 0.25) is 0 Å². The Morgan fingerprint density at radius 2 is 0.694 bits per heavy atom. The maximum absolute atomic E-state index is 11.4. The molecule has 0 rings (SSSR count). The number of halogens is 12. The van der Waals surface area contributed by atoms with Gasteiger partial charge in [0.05, 0.1) is 52.3 Å². The van der Waals surface area contributed by atoms with Crippen LogP contribution in [0.25, 0.3) is 8.25 Å². The van der Waals surface area contributed by atoms with E-state index in [-0.39, 0.29) is 0 Å². The van der Waals surface area contributed by atoms with E-state index in [0.717, 1.165) is 12.7 Å². The Morgan fingerprint density at radius 3 is 0.878 bits per heavy atom. The third-order valence-corrected chi connectivity index (χ3v) is 16.6. The first-order valence-corrected chi connectivity index (χ1v) is 22.0. The highest BCUT2D eigenvalue weighted by atomic mass is 32.3. The topological polar surface area (TPSA) is 165 Å².